The van der Waals surface area contributed by atoms with Gasteiger partial charge in [-0.25, -0.2) is 0 Å². The van der Waals surface area contributed by atoms with Crippen LogP contribution in [0.5, 0.6) is 5.75 Å². The number of nitrogens with zero attached hydrogens (tertiary/aromatic N) is 2. The maximum absolute atomic E-state index is 12.1. The van der Waals surface area contributed by atoms with Gasteiger partial charge in [-0.15, -0.1) is 0 Å². The van der Waals surface area contributed by atoms with E-state index in [0.717, 1.165) is 12.1 Å². The molecule has 0 saturated carbocycles. The van der Waals surface area contributed by atoms with Gasteiger partial charge in [-0.05, 0) is 18.2 Å². The molecular formula is C9H5F3N2O3S. The molecule has 1 aromatic heterocycles. The molecule has 1 heterocycles. The molecule has 5 nitrogen and oxygen atoms in total. The number of halogens is 3. The van der Waals surface area contributed by atoms with E-state index in [0.29, 0.717) is 5.39 Å². The van der Waals surface area contributed by atoms with E-state index >= 15 is 0 Å². The first-order valence-electron chi connectivity index (χ1n) is 4.52. The Morgan fingerprint density at radius 3 is 2.56 bits per heavy atom. The first-order valence-corrected chi connectivity index (χ1v) is 5.93. The lowest BCUT2D eigenvalue weighted by molar-refractivity contribution is -0.0500. The fourth-order valence-electron chi connectivity index (χ4n) is 1.19. The maximum atomic E-state index is 12.1. The van der Waals surface area contributed by atoms with E-state index in [1.807, 2.05) is 0 Å². The largest absolute Gasteiger partial charge is 0.534 e. The van der Waals surface area contributed by atoms with E-state index in [1.165, 1.54) is 12.3 Å². The van der Waals surface area contributed by atoms with Crippen LogP contribution in [0, 0.1) is 0 Å². The Morgan fingerprint density at radius 2 is 1.89 bits per heavy atom. The minimum Gasteiger partial charge on any atom is -0.376 e. The monoisotopic (exact) mass is 278 g/mol. The number of fused-ring (bicyclic) bond motifs is 1. The summed E-state index contributed by atoms with van der Waals surface area (Å²) < 4.78 is 61.8. The van der Waals surface area contributed by atoms with Gasteiger partial charge in [0.15, 0.2) is 0 Å². The average molecular weight is 278 g/mol. The maximum Gasteiger partial charge on any atom is 0.534 e. The van der Waals surface area contributed by atoms with Crippen LogP contribution in [0.4, 0.5) is 13.2 Å². The summed E-state index contributed by atoms with van der Waals surface area (Å²) in [6.45, 7) is 0. The van der Waals surface area contributed by atoms with Gasteiger partial charge in [-0.1, -0.05) is 0 Å². The summed E-state index contributed by atoms with van der Waals surface area (Å²) >= 11 is 0. The van der Waals surface area contributed by atoms with Gasteiger partial charge in [0, 0.05) is 11.5 Å². The number of hydrogen-bond donors (Lipinski definition) is 0. The highest BCUT2D eigenvalue weighted by atomic mass is 32.2. The van der Waals surface area contributed by atoms with Gasteiger partial charge in [-0.3, -0.25) is 0 Å². The van der Waals surface area contributed by atoms with Crippen molar-refractivity contribution in [3.8, 4) is 5.75 Å². The van der Waals surface area contributed by atoms with Crippen molar-refractivity contribution in [2.45, 2.75) is 5.51 Å². The van der Waals surface area contributed by atoms with E-state index in [-0.39, 0.29) is 5.52 Å². The lowest BCUT2D eigenvalue weighted by atomic mass is 10.2. The highest BCUT2D eigenvalue weighted by Crippen LogP contribution is 2.28. The van der Waals surface area contributed by atoms with Gasteiger partial charge >= 0.3 is 15.6 Å². The van der Waals surface area contributed by atoms with Crippen molar-refractivity contribution in [1.29, 1.82) is 0 Å². The van der Waals surface area contributed by atoms with E-state index in [2.05, 4.69) is 14.4 Å². The minimum atomic E-state index is -5.67. The molecule has 0 bridgehead atoms. The van der Waals surface area contributed by atoms with Gasteiger partial charge in [0.05, 0.1) is 11.7 Å². The zero-order valence-corrected chi connectivity index (χ0v) is 9.36. The molecule has 18 heavy (non-hydrogen) atoms. The second-order valence-electron chi connectivity index (χ2n) is 3.24. The average Bonchev–Trinajstić information content (AvgIpc) is 2.27. The molecule has 0 saturated heterocycles. The number of alkyl halides is 3. The molecule has 0 aliphatic carbocycles. The van der Waals surface area contributed by atoms with Crippen LogP contribution < -0.4 is 4.18 Å². The van der Waals surface area contributed by atoms with Gasteiger partial charge < -0.3 is 4.18 Å². The third kappa shape index (κ3) is 2.35. The van der Waals surface area contributed by atoms with Crippen molar-refractivity contribution >= 4 is 21.0 Å². The first-order chi connectivity index (χ1) is 8.29. The molecule has 2 rings (SSSR count). The Bertz CT molecular complexity index is 685. The highest BCUT2D eigenvalue weighted by molar-refractivity contribution is 7.88. The van der Waals surface area contributed by atoms with Gasteiger partial charge in [-0.2, -0.15) is 31.8 Å². The zero-order valence-electron chi connectivity index (χ0n) is 8.55. The van der Waals surface area contributed by atoms with Crippen molar-refractivity contribution in [3.63, 3.8) is 0 Å². The summed E-state index contributed by atoms with van der Waals surface area (Å²) in [7, 11) is -5.67. The first kappa shape index (κ1) is 12.6. The van der Waals surface area contributed by atoms with Crippen LogP contribution in [0.1, 0.15) is 0 Å². The Labute approximate surface area is 99.3 Å². The number of aromatic nitrogens is 2. The third-order valence-electron chi connectivity index (χ3n) is 1.98. The van der Waals surface area contributed by atoms with E-state index in [9.17, 15) is 21.6 Å². The van der Waals surface area contributed by atoms with Crippen LogP contribution >= 0.6 is 0 Å². The SMILES string of the molecule is O=S(=O)(Oc1ccc2ccnnc2c1)C(F)(F)F. The van der Waals surface area contributed by atoms with Gasteiger partial charge in [0.1, 0.15) is 5.75 Å². The molecule has 0 atom stereocenters. The van der Waals surface area contributed by atoms with Crippen molar-refractivity contribution < 1.29 is 25.8 Å². The van der Waals surface area contributed by atoms with Crippen LogP contribution in [-0.2, 0) is 10.1 Å². The fraction of sp³-hybridized carbons (Fsp3) is 0.111. The summed E-state index contributed by atoms with van der Waals surface area (Å²) in [4.78, 5) is 0. The minimum absolute atomic E-state index is 0.229. The standard InChI is InChI=1S/C9H5F3N2O3S/c10-9(11,12)18(15,16)17-7-2-1-6-3-4-13-14-8(6)5-7/h1-5H. The highest BCUT2D eigenvalue weighted by Gasteiger charge is 2.48. The quantitative estimate of drug-likeness (QED) is 0.619. The second-order valence-corrected chi connectivity index (χ2v) is 4.77. The molecule has 0 radical (unpaired) electrons. The molecule has 9 heteroatoms. The smallest absolute Gasteiger partial charge is 0.376 e. The topological polar surface area (TPSA) is 69.2 Å². The molecule has 1 aromatic carbocycles. The van der Waals surface area contributed by atoms with Crippen LogP contribution in [0.3, 0.4) is 0 Å². The van der Waals surface area contributed by atoms with Gasteiger partial charge in [0.2, 0.25) is 0 Å². The normalized spacial score (nSPS) is 12.6. The Hall–Kier alpha value is -1.90. The van der Waals surface area contributed by atoms with Crippen LogP contribution in [0.25, 0.3) is 10.9 Å². The molecule has 0 spiro atoms. The van der Waals surface area contributed by atoms with Crippen LogP contribution in [0.15, 0.2) is 30.5 Å². The Balaban J connectivity index is 2.39. The molecule has 0 aliphatic heterocycles. The predicted octanol–water partition coefficient (Wildman–Crippen LogP) is 1.86. The molecule has 0 amide bonds. The Kier molecular flexibility index (Phi) is 2.85. The summed E-state index contributed by atoms with van der Waals surface area (Å²) in [5.74, 6) is -0.472. The lowest BCUT2D eigenvalue weighted by Crippen LogP contribution is -2.28. The predicted molar refractivity (Wildman–Crippen MR) is 55.1 cm³/mol. The lowest BCUT2D eigenvalue weighted by Gasteiger charge is -2.09. The summed E-state index contributed by atoms with van der Waals surface area (Å²) in [5.41, 5.74) is -5.24. The van der Waals surface area contributed by atoms with Crippen molar-refractivity contribution in [2.24, 2.45) is 0 Å². The molecule has 0 unspecified atom stereocenters. The molecule has 0 fully saturated rings. The molecule has 2 aromatic rings. The molecule has 0 aliphatic rings. The molecular weight excluding hydrogens is 273 g/mol. The molecule has 0 N–H and O–H groups in total. The van der Waals surface area contributed by atoms with Crippen LogP contribution in [-0.4, -0.2) is 24.1 Å². The second kappa shape index (κ2) is 4.09. The molecule has 96 valence electrons. The number of hydrogen-bond acceptors (Lipinski definition) is 5. The van der Waals surface area contributed by atoms with Gasteiger partial charge in [0.25, 0.3) is 0 Å². The summed E-state index contributed by atoms with van der Waals surface area (Å²) in [5, 5.41) is 7.75. The van der Waals surface area contributed by atoms with E-state index in [4.69, 9.17) is 0 Å². The fourth-order valence-corrected chi connectivity index (χ4v) is 1.64. The summed E-state index contributed by atoms with van der Waals surface area (Å²) in [6, 6.07) is 5.12. The number of rotatable bonds is 2. The summed E-state index contributed by atoms with van der Waals surface area (Å²) in [6.07, 6.45) is 1.40. The zero-order chi connectivity index (χ0) is 13.4. The van der Waals surface area contributed by atoms with E-state index in [1.54, 1.807) is 6.07 Å². The van der Waals surface area contributed by atoms with Crippen LogP contribution in [0.2, 0.25) is 0 Å². The Morgan fingerprint density at radius 1 is 1.17 bits per heavy atom. The van der Waals surface area contributed by atoms with Crippen molar-refractivity contribution in [3.05, 3.63) is 30.5 Å². The third-order valence-corrected chi connectivity index (χ3v) is 2.96. The van der Waals surface area contributed by atoms with Crippen molar-refractivity contribution in [2.75, 3.05) is 0 Å². The van der Waals surface area contributed by atoms with E-state index < -0.39 is 21.4 Å². The van der Waals surface area contributed by atoms with Crippen molar-refractivity contribution in [1.82, 2.24) is 10.2 Å². The number of benzene rings is 1.